The number of amides is 1. The maximum Gasteiger partial charge on any atom is 0.275 e. The smallest absolute Gasteiger partial charge is 0.275 e. The van der Waals surface area contributed by atoms with Gasteiger partial charge in [-0.15, -0.1) is 0 Å². The van der Waals surface area contributed by atoms with E-state index in [1.54, 1.807) is 31.2 Å². The van der Waals surface area contributed by atoms with Crippen LogP contribution < -0.4 is 4.74 Å². The van der Waals surface area contributed by atoms with Crippen LogP contribution in [0.25, 0.3) is 0 Å². The van der Waals surface area contributed by atoms with Crippen molar-refractivity contribution in [1.29, 1.82) is 0 Å². The number of hydrogen-bond donors (Lipinski definition) is 1. The fourth-order valence-corrected chi connectivity index (χ4v) is 3.36. The van der Waals surface area contributed by atoms with Crippen LogP contribution in [-0.2, 0) is 13.5 Å². The molecular weight excluding hydrogens is 318 g/mol. The highest BCUT2D eigenvalue weighted by atomic mass is 16.5. The van der Waals surface area contributed by atoms with Gasteiger partial charge in [-0.2, -0.15) is 5.10 Å². The summed E-state index contributed by atoms with van der Waals surface area (Å²) < 4.78 is 6.80. The van der Waals surface area contributed by atoms with Crippen molar-refractivity contribution in [3.8, 4) is 5.88 Å². The largest absolute Gasteiger partial charge is 0.481 e. The lowest BCUT2D eigenvalue weighted by molar-refractivity contribution is 0.0683. The molecule has 3 aromatic rings. The van der Waals surface area contributed by atoms with Gasteiger partial charge >= 0.3 is 0 Å². The van der Waals surface area contributed by atoms with Crippen LogP contribution in [0.1, 0.15) is 33.5 Å². The Morgan fingerprint density at radius 1 is 1.32 bits per heavy atom. The van der Waals surface area contributed by atoms with Crippen molar-refractivity contribution in [3.05, 3.63) is 65.4 Å². The number of nitrogens with zero attached hydrogens (tertiary/aromatic N) is 4. The van der Waals surface area contributed by atoms with E-state index in [0.717, 1.165) is 23.4 Å². The maximum absolute atomic E-state index is 13.2. The summed E-state index contributed by atoms with van der Waals surface area (Å²) in [6, 6.07) is 11.4. The van der Waals surface area contributed by atoms with Crippen molar-refractivity contribution < 1.29 is 9.53 Å². The van der Waals surface area contributed by atoms with E-state index in [1.165, 1.54) is 0 Å². The molecule has 7 nitrogen and oxygen atoms in total. The first kappa shape index (κ1) is 15.4. The van der Waals surface area contributed by atoms with Gasteiger partial charge in [-0.05, 0) is 5.56 Å². The number of benzene rings is 1. The molecular formula is C18H19N5O2. The number of methoxy groups -OCH3 is 1. The second kappa shape index (κ2) is 6.08. The van der Waals surface area contributed by atoms with Crippen LogP contribution in [0, 0.1) is 0 Å². The third-order valence-corrected chi connectivity index (χ3v) is 4.57. The minimum Gasteiger partial charge on any atom is -0.481 e. The summed E-state index contributed by atoms with van der Waals surface area (Å²) in [5, 5.41) is 4.30. The topological polar surface area (TPSA) is 76.0 Å². The Kier molecular flexibility index (Phi) is 3.76. The molecule has 0 saturated carbocycles. The van der Waals surface area contributed by atoms with Gasteiger partial charge in [0.05, 0.1) is 19.1 Å². The second-order valence-electron chi connectivity index (χ2n) is 6.02. The number of aryl methyl sites for hydroxylation is 1. The van der Waals surface area contributed by atoms with E-state index < -0.39 is 0 Å². The highest BCUT2D eigenvalue weighted by molar-refractivity contribution is 5.93. The Bertz CT molecular complexity index is 899. The summed E-state index contributed by atoms with van der Waals surface area (Å²) in [4.78, 5) is 22.7. The van der Waals surface area contributed by atoms with Gasteiger partial charge in [-0.1, -0.05) is 30.3 Å². The van der Waals surface area contributed by atoms with Crippen molar-refractivity contribution in [1.82, 2.24) is 24.6 Å². The summed E-state index contributed by atoms with van der Waals surface area (Å²) in [7, 11) is 3.32. The summed E-state index contributed by atoms with van der Waals surface area (Å²) >= 11 is 0. The van der Waals surface area contributed by atoms with Gasteiger partial charge in [0.1, 0.15) is 6.04 Å². The van der Waals surface area contributed by atoms with Crippen LogP contribution in [0.2, 0.25) is 0 Å². The van der Waals surface area contributed by atoms with Crippen LogP contribution >= 0.6 is 0 Å². The lowest BCUT2D eigenvalue weighted by Gasteiger charge is -2.34. The number of aromatic amines is 1. The highest BCUT2D eigenvalue weighted by Gasteiger charge is 2.35. The van der Waals surface area contributed by atoms with Crippen LogP contribution in [0.5, 0.6) is 5.88 Å². The molecule has 4 rings (SSSR count). The van der Waals surface area contributed by atoms with Gasteiger partial charge < -0.3 is 14.6 Å². The van der Waals surface area contributed by atoms with Crippen molar-refractivity contribution in [3.63, 3.8) is 0 Å². The molecule has 1 amide bonds. The van der Waals surface area contributed by atoms with Gasteiger partial charge in [-0.25, -0.2) is 9.67 Å². The average Bonchev–Trinajstić information content (AvgIpc) is 3.27. The molecule has 1 aliphatic heterocycles. The standard InChI is InChI=1S/C18H19N5O2/c1-22-15(25-2)10-14(21-22)18(24)23-9-8-13-16(20-11-19-13)17(23)12-6-4-3-5-7-12/h3-7,10-11,17H,8-9H2,1-2H3,(H,19,20). The lowest BCUT2D eigenvalue weighted by atomic mass is 9.95. The van der Waals surface area contributed by atoms with Crippen molar-refractivity contribution in [2.24, 2.45) is 7.05 Å². The first-order valence-electron chi connectivity index (χ1n) is 8.15. The number of rotatable bonds is 3. The lowest BCUT2D eigenvalue weighted by Crippen LogP contribution is -2.41. The molecule has 0 spiro atoms. The molecule has 7 heteroatoms. The van der Waals surface area contributed by atoms with Gasteiger partial charge in [0, 0.05) is 31.8 Å². The molecule has 1 unspecified atom stereocenters. The number of carbonyl (C=O) groups is 1. The van der Waals surface area contributed by atoms with E-state index in [1.807, 2.05) is 35.2 Å². The Morgan fingerprint density at radius 2 is 2.12 bits per heavy atom. The predicted octanol–water partition coefficient (Wildman–Crippen LogP) is 1.94. The first-order chi connectivity index (χ1) is 12.2. The number of fused-ring (bicyclic) bond motifs is 1. The number of aromatic nitrogens is 4. The minimum atomic E-state index is -0.225. The number of nitrogens with one attached hydrogen (secondary N) is 1. The molecule has 0 fully saturated rings. The molecule has 0 bridgehead atoms. The summed E-state index contributed by atoms with van der Waals surface area (Å²) in [5.41, 5.74) is 3.39. The van der Waals surface area contributed by atoms with Gasteiger partial charge in [0.25, 0.3) is 5.91 Å². The molecule has 1 N–H and O–H groups in total. The molecule has 3 heterocycles. The highest BCUT2D eigenvalue weighted by Crippen LogP contribution is 2.34. The second-order valence-corrected chi connectivity index (χ2v) is 6.02. The first-order valence-corrected chi connectivity index (χ1v) is 8.15. The van der Waals surface area contributed by atoms with Crippen molar-refractivity contribution in [2.45, 2.75) is 12.5 Å². The normalized spacial score (nSPS) is 16.6. The number of ether oxygens (including phenoxy) is 1. The zero-order valence-electron chi connectivity index (χ0n) is 14.1. The number of hydrogen-bond acceptors (Lipinski definition) is 4. The van der Waals surface area contributed by atoms with Gasteiger partial charge in [0.2, 0.25) is 5.88 Å². The molecule has 0 radical (unpaired) electrons. The molecule has 1 atom stereocenters. The van der Waals surface area contributed by atoms with Gasteiger partial charge in [-0.3, -0.25) is 4.79 Å². The Balaban J connectivity index is 1.75. The predicted molar refractivity (Wildman–Crippen MR) is 91.4 cm³/mol. The zero-order chi connectivity index (χ0) is 17.4. The van der Waals surface area contributed by atoms with Crippen LogP contribution in [0.3, 0.4) is 0 Å². The quantitative estimate of drug-likeness (QED) is 0.792. The molecule has 1 aromatic carbocycles. The number of carbonyl (C=O) groups excluding carboxylic acids is 1. The zero-order valence-corrected chi connectivity index (χ0v) is 14.1. The van der Waals surface area contributed by atoms with Crippen LogP contribution in [0.4, 0.5) is 0 Å². The molecule has 128 valence electrons. The molecule has 0 aliphatic carbocycles. The van der Waals surface area contributed by atoms with E-state index in [2.05, 4.69) is 15.1 Å². The monoisotopic (exact) mass is 337 g/mol. The molecule has 2 aromatic heterocycles. The minimum absolute atomic E-state index is 0.124. The van der Waals surface area contributed by atoms with Crippen molar-refractivity contribution in [2.75, 3.05) is 13.7 Å². The Labute approximate surface area is 145 Å². The van der Waals surface area contributed by atoms with E-state index in [0.29, 0.717) is 18.1 Å². The van der Waals surface area contributed by atoms with Gasteiger partial charge in [0.15, 0.2) is 5.69 Å². The molecule has 0 saturated heterocycles. The van der Waals surface area contributed by atoms with Crippen molar-refractivity contribution >= 4 is 5.91 Å². The van der Waals surface area contributed by atoms with E-state index in [4.69, 9.17) is 4.74 Å². The average molecular weight is 337 g/mol. The van der Waals surface area contributed by atoms with E-state index >= 15 is 0 Å². The Morgan fingerprint density at radius 3 is 2.84 bits per heavy atom. The fraction of sp³-hybridized carbons (Fsp3) is 0.278. The summed E-state index contributed by atoms with van der Waals surface area (Å²) in [5.74, 6) is 0.429. The SMILES string of the molecule is COc1cc(C(=O)N2CCc3[nH]cnc3C2c2ccccc2)nn1C. The van der Waals surface area contributed by atoms with Crippen LogP contribution in [0.15, 0.2) is 42.7 Å². The van der Waals surface area contributed by atoms with Crippen LogP contribution in [-0.4, -0.2) is 44.2 Å². The third-order valence-electron chi connectivity index (χ3n) is 4.57. The number of H-pyrrole nitrogens is 1. The fourth-order valence-electron chi connectivity index (χ4n) is 3.36. The summed E-state index contributed by atoms with van der Waals surface area (Å²) in [6.07, 6.45) is 2.44. The molecule has 1 aliphatic rings. The maximum atomic E-state index is 13.2. The third kappa shape index (κ3) is 2.57. The number of imidazole rings is 1. The van der Waals surface area contributed by atoms with E-state index in [9.17, 15) is 4.79 Å². The summed E-state index contributed by atoms with van der Waals surface area (Å²) in [6.45, 7) is 0.604. The van der Waals surface area contributed by atoms with E-state index in [-0.39, 0.29) is 11.9 Å². The molecule has 25 heavy (non-hydrogen) atoms. The Hall–Kier alpha value is -3.09.